The number of nitrogens with zero attached hydrogens (tertiary/aromatic N) is 3. The van der Waals surface area contributed by atoms with Gasteiger partial charge in [-0.05, 0) is 32.4 Å². The van der Waals surface area contributed by atoms with Gasteiger partial charge in [0.25, 0.3) is 0 Å². The molecule has 0 atom stereocenters. The quantitative estimate of drug-likeness (QED) is 0.892. The first-order chi connectivity index (χ1) is 9.22. The lowest BCUT2D eigenvalue weighted by Crippen LogP contribution is -2.04. The minimum absolute atomic E-state index is 0.745. The molecule has 100 valence electrons. The molecule has 0 aromatic carbocycles. The zero-order valence-corrected chi connectivity index (χ0v) is 11.8. The Morgan fingerprint density at radius 2 is 2.00 bits per heavy atom. The summed E-state index contributed by atoms with van der Waals surface area (Å²) in [5.74, 6) is 1.63. The molecule has 0 bridgehead atoms. The Morgan fingerprint density at radius 1 is 1.16 bits per heavy atom. The van der Waals surface area contributed by atoms with E-state index in [-0.39, 0.29) is 0 Å². The molecule has 0 unspecified atom stereocenters. The maximum Gasteiger partial charge on any atom is 0.163 e. The molecule has 0 spiro atoms. The summed E-state index contributed by atoms with van der Waals surface area (Å²) in [6, 6.07) is 6.03. The second-order valence-electron chi connectivity index (χ2n) is 4.54. The van der Waals surface area contributed by atoms with Crippen LogP contribution in [0.3, 0.4) is 0 Å². The summed E-state index contributed by atoms with van der Waals surface area (Å²) < 4.78 is 0. The average Bonchev–Trinajstić information content (AvgIpc) is 2.40. The number of nitrogens with one attached hydrogen (secondary N) is 1. The van der Waals surface area contributed by atoms with Gasteiger partial charge in [-0.1, -0.05) is 13.3 Å². The number of rotatable bonds is 5. The van der Waals surface area contributed by atoms with Gasteiger partial charge < -0.3 is 5.32 Å². The first-order valence-electron chi connectivity index (χ1n) is 6.77. The molecule has 1 N–H and O–H groups in total. The van der Waals surface area contributed by atoms with Crippen molar-refractivity contribution in [2.75, 3.05) is 11.9 Å². The molecule has 0 saturated carbocycles. The van der Waals surface area contributed by atoms with Gasteiger partial charge >= 0.3 is 0 Å². The van der Waals surface area contributed by atoms with E-state index in [2.05, 4.69) is 34.1 Å². The standard InChI is InChI=1S/C15H20N4/c1-4-6-13-9-14(16-5-2)19-15(18-13)12-8-7-11(3)17-10-12/h7-10H,4-6H2,1-3H3,(H,16,18,19). The minimum Gasteiger partial charge on any atom is -0.370 e. The maximum absolute atomic E-state index is 4.61. The van der Waals surface area contributed by atoms with E-state index in [1.54, 1.807) is 0 Å². The van der Waals surface area contributed by atoms with E-state index in [4.69, 9.17) is 0 Å². The molecule has 0 aliphatic carbocycles. The van der Waals surface area contributed by atoms with E-state index in [0.29, 0.717) is 0 Å². The van der Waals surface area contributed by atoms with Crippen molar-refractivity contribution in [1.29, 1.82) is 0 Å². The van der Waals surface area contributed by atoms with Crippen LogP contribution in [0.5, 0.6) is 0 Å². The molecule has 2 rings (SSSR count). The molecule has 2 aromatic heterocycles. The van der Waals surface area contributed by atoms with Gasteiger partial charge in [0.1, 0.15) is 5.82 Å². The van der Waals surface area contributed by atoms with Crippen LogP contribution < -0.4 is 5.32 Å². The fraction of sp³-hybridized carbons (Fsp3) is 0.400. The van der Waals surface area contributed by atoms with Gasteiger partial charge in [0.05, 0.1) is 0 Å². The van der Waals surface area contributed by atoms with Gasteiger partial charge in [0, 0.05) is 35.8 Å². The lowest BCUT2D eigenvalue weighted by Gasteiger charge is -2.08. The summed E-state index contributed by atoms with van der Waals surface area (Å²) in [5.41, 5.74) is 3.03. The lowest BCUT2D eigenvalue weighted by atomic mass is 10.2. The monoisotopic (exact) mass is 256 g/mol. The van der Waals surface area contributed by atoms with Crippen molar-refractivity contribution >= 4 is 5.82 Å². The molecule has 0 aliphatic rings. The fourth-order valence-electron chi connectivity index (χ4n) is 1.88. The first-order valence-corrected chi connectivity index (χ1v) is 6.77. The van der Waals surface area contributed by atoms with Crippen LogP contribution in [-0.4, -0.2) is 21.5 Å². The number of anilines is 1. The third kappa shape index (κ3) is 3.50. The summed E-state index contributed by atoms with van der Waals surface area (Å²) in [6.45, 7) is 7.05. The Labute approximate surface area is 114 Å². The lowest BCUT2D eigenvalue weighted by molar-refractivity contribution is 0.874. The summed E-state index contributed by atoms with van der Waals surface area (Å²) in [6.07, 6.45) is 3.87. The number of aromatic nitrogens is 3. The molecular weight excluding hydrogens is 236 g/mol. The van der Waals surface area contributed by atoms with Crippen LogP contribution in [0.1, 0.15) is 31.7 Å². The molecule has 2 heterocycles. The molecule has 0 amide bonds. The van der Waals surface area contributed by atoms with Crippen molar-refractivity contribution < 1.29 is 0 Å². The van der Waals surface area contributed by atoms with Crippen LogP contribution in [0.4, 0.5) is 5.82 Å². The Kier molecular flexibility index (Phi) is 4.44. The third-order valence-corrected chi connectivity index (χ3v) is 2.81. The summed E-state index contributed by atoms with van der Waals surface area (Å²) >= 11 is 0. The minimum atomic E-state index is 0.745. The van der Waals surface area contributed by atoms with Gasteiger partial charge in [-0.25, -0.2) is 9.97 Å². The first kappa shape index (κ1) is 13.5. The smallest absolute Gasteiger partial charge is 0.163 e. The van der Waals surface area contributed by atoms with Gasteiger partial charge in [0.2, 0.25) is 0 Å². The van der Waals surface area contributed by atoms with Crippen molar-refractivity contribution in [3.63, 3.8) is 0 Å². The van der Waals surface area contributed by atoms with E-state index < -0.39 is 0 Å². The van der Waals surface area contributed by atoms with Gasteiger partial charge in [0.15, 0.2) is 5.82 Å². The number of pyridine rings is 1. The summed E-state index contributed by atoms with van der Waals surface area (Å²) in [4.78, 5) is 13.5. The predicted molar refractivity (Wildman–Crippen MR) is 78.2 cm³/mol. The van der Waals surface area contributed by atoms with E-state index in [1.807, 2.05) is 31.3 Å². The van der Waals surface area contributed by atoms with E-state index in [1.165, 1.54) is 0 Å². The van der Waals surface area contributed by atoms with Crippen molar-refractivity contribution in [3.8, 4) is 11.4 Å². The van der Waals surface area contributed by atoms with Crippen LogP contribution in [0, 0.1) is 6.92 Å². The molecule has 4 heteroatoms. The normalized spacial score (nSPS) is 10.5. The molecular formula is C15H20N4. The van der Waals surface area contributed by atoms with Crippen LogP contribution in [0.2, 0.25) is 0 Å². The molecule has 0 aliphatic heterocycles. The molecule has 19 heavy (non-hydrogen) atoms. The largest absolute Gasteiger partial charge is 0.370 e. The second kappa shape index (κ2) is 6.27. The molecule has 0 saturated heterocycles. The molecule has 4 nitrogen and oxygen atoms in total. The highest BCUT2D eigenvalue weighted by Crippen LogP contribution is 2.18. The Balaban J connectivity index is 2.40. The van der Waals surface area contributed by atoms with Crippen molar-refractivity contribution in [2.45, 2.75) is 33.6 Å². The van der Waals surface area contributed by atoms with Crippen LogP contribution >= 0.6 is 0 Å². The zero-order chi connectivity index (χ0) is 13.7. The maximum atomic E-state index is 4.61. The summed E-state index contributed by atoms with van der Waals surface area (Å²) in [7, 11) is 0. The zero-order valence-electron chi connectivity index (χ0n) is 11.8. The Hall–Kier alpha value is -1.97. The topological polar surface area (TPSA) is 50.7 Å². The van der Waals surface area contributed by atoms with Crippen LogP contribution in [-0.2, 0) is 6.42 Å². The van der Waals surface area contributed by atoms with Crippen molar-refractivity contribution in [3.05, 3.63) is 35.8 Å². The third-order valence-electron chi connectivity index (χ3n) is 2.81. The highest BCUT2D eigenvalue weighted by atomic mass is 15.0. The highest BCUT2D eigenvalue weighted by Gasteiger charge is 2.06. The molecule has 0 fully saturated rings. The number of hydrogen-bond acceptors (Lipinski definition) is 4. The highest BCUT2D eigenvalue weighted by molar-refractivity contribution is 5.56. The van der Waals surface area contributed by atoms with Gasteiger partial charge in [-0.2, -0.15) is 0 Å². The SMILES string of the molecule is CCCc1cc(NCC)nc(-c2ccc(C)nc2)n1. The average molecular weight is 256 g/mol. The van der Waals surface area contributed by atoms with Gasteiger partial charge in [-0.15, -0.1) is 0 Å². The Bertz CT molecular complexity index is 510. The molecule has 2 aromatic rings. The van der Waals surface area contributed by atoms with Crippen molar-refractivity contribution in [1.82, 2.24) is 15.0 Å². The number of aryl methyl sites for hydroxylation is 2. The summed E-state index contributed by atoms with van der Waals surface area (Å²) in [5, 5.41) is 3.26. The fourth-order valence-corrected chi connectivity index (χ4v) is 1.88. The van der Waals surface area contributed by atoms with Gasteiger partial charge in [-0.3, -0.25) is 4.98 Å². The second-order valence-corrected chi connectivity index (χ2v) is 4.54. The van der Waals surface area contributed by atoms with Crippen LogP contribution in [0.15, 0.2) is 24.4 Å². The van der Waals surface area contributed by atoms with Crippen LogP contribution in [0.25, 0.3) is 11.4 Å². The van der Waals surface area contributed by atoms with E-state index in [9.17, 15) is 0 Å². The predicted octanol–water partition coefficient (Wildman–Crippen LogP) is 3.23. The molecule has 0 radical (unpaired) electrons. The van der Waals surface area contributed by atoms with E-state index in [0.717, 1.165) is 48.0 Å². The van der Waals surface area contributed by atoms with E-state index >= 15 is 0 Å². The van der Waals surface area contributed by atoms with Crippen molar-refractivity contribution in [2.24, 2.45) is 0 Å². The number of hydrogen-bond donors (Lipinski definition) is 1. The Morgan fingerprint density at radius 3 is 2.63 bits per heavy atom.